The van der Waals surface area contributed by atoms with Gasteiger partial charge in [-0.1, -0.05) is 18.7 Å². The predicted octanol–water partition coefficient (Wildman–Crippen LogP) is 2.43. The van der Waals surface area contributed by atoms with Gasteiger partial charge in [0.1, 0.15) is 11.6 Å². The summed E-state index contributed by atoms with van der Waals surface area (Å²) in [7, 11) is 1.89. The first-order valence-corrected chi connectivity index (χ1v) is 10.9. The Labute approximate surface area is 196 Å². The molecule has 34 heavy (non-hydrogen) atoms. The molecular formula is C25H24N8O. The van der Waals surface area contributed by atoms with Gasteiger partial charge in [-0.05, 0) is 23.8 Å². The van der Waals surface area contributed by atoms with Crippen LogP contribution in [0.3, 0.4) is 0 Å². The number of amides is 1. The van der Waals surface area contributed by atoms with Gasteiger partial charge in [-0.15, -0.1) is 0 Å². The van der Waals surface area contributed by atoms with E-state index in [0.29, 0.717) is 11.1 Å². The number of anilines is 2. The molecule has 1 saturated heterocycles. The van der Waals surface area contributed by atoms with Gasteiger partial charge in [-0.2, -0.15) is 15.5 Å². The lowest BCUT2D eigenvalue weighted by atomic mass is 10.1. The largest absolute Gasteiger partial charge is 0.368 e. The highest BCUT2D eigenvalue weighted by Gasteiger charge is 2.22. The van der Waals surface area contributed by atoms with Gasteiger partial charge >= 0.3 is 0 Å². The number of nitrogens with zero attached hydrogens (tertiary/aromatic N) is 7. The number of fused-ring (bicyclic) bond motifs is 1. The Kier molecular flexibility index (Phi) is 5.26. The van der Waals surface area contributed by atoms with Crippen LogP contribution in [0, 0.1) is 11.3 Å². The lowest BCUT2D eigenvalue weighted by Gasteiger charge is -2.37. The number of aromatic nitrogens is 4. The Bertz CT molecular complexity index is 1430. The van der Waals surface area contributed by atoms with E-state index in [4.69, 9.17) is 5.73 Å². The zero-order valence-corrected chi connectivity index (χ0v) is 18.8. The number of piperazine rings is 1. The fourth-order valence-electron chi connectivity index (χ4n) is 4.37. The molecule has 9 nitrogen and oxygen atoms in total. The molecule has 3 aromatic heterocycles. The summed E-state index contributed by atoms with van der Waals surface area (Å²) in [5.74, 6) is -0.516. The molecule has 1 fully saturated rings. The molecule has 1 aliphatic rings. The summed E-state index contributed by atoms with van der Waals surface area (Å²) in [5.41, 5.74) is 11.8. The minimum absolute atomic E-state index is 0.308. The van der Waals surface area contributed by atoms with Gasteiger partial charge < -0.3 is 15.5 Å². The number of pyridine rings is 1. The smallest absolute Gasteiger partial charge is 0.248 e. The van der Waals surface area contributed by atoms with Crippen LogP contribution in [0.25, 0.3) is 22.2 Å². The highest BCUT2D eigenvalue weighted by molar-refractivity contribution is 6.17. The average Bonchev–Trinajstić information content (AvgIpc) is 3.49. The summed E-state index contributed by atoms with van der Waals surface area (Å²) in [4.78, 5) is 16.0. The van der Waals surface area contributed by atoms with Gasteiger partial charge in [0.05, 0.1) is 23.6 Å². The zero-order chi connectivity index (χ0) is 23.8. The molecule has 0 radical (unpaired) electrons. The third kappa shape index (κ3) is 3.75. The van der Waals surface area contributed by atoms with Gasteiger partial charge in [-0.3, -0.25) is 9.48 Å². The van der Waals surface area contributed by atoms with Gasteiger partial charge in [-0.25, -0.2) is 4.52 Å². The van der Waals surface area contributed by atoms with Crippen LogP contribution in [0.1, 0.15) is 11.1 Å². The number of carbonyl (C=O) groups excluding carboxylic acids is 1. The molecule has 170 valence electrons. The molecule has 0 atom stereocenters. The standard InChI is InChI=1S/C25H24N8O/c1-17(25(27)34)18-3-5-22(6-4-18)31-7-9-32(10-8-31)23-11-19(21-14-28-30(2)15-21)16-33-24(23)20(12-26)13-29-33/h3-6,11,13-16H,1,7-10H2,2H3,(H2,27,34). The minimum atomic E-state index is -0.516. The second kappa shape index (κ2) is 8.41. The van der Waals surface area contributed by atoms with Crippen molar-refractivity contribution in [3.8, 4) is 17.2 Å². The Morgan fingerprint density at radius 2 is 1.74 bits per heavy atom. The molecule has 4 heterocycles. The van der Waals surface area contributed by atoms with Crippen molar-refractivity contribution in [2.24, 2.45) is 12.8 Å². The van der Waals surface area contributed by atoms with Gasteiger partial charge in [0, 0.05) is 68.0 Å². The number of hydrogen-bond donors (Lipinski definition) is 1. The molecule has 9 heteroatoms. The normalized spacial score (nSPS) is 13.8. The molecule has 5 rings (SSSR count). The number of primary amides is 1. The van der Waals surface area contributed by atoms with Crippen LogP contribution < -0.4 is 15.5 Å². The van der Waals surface area contributed by atoms with Crippen LogP contribution in [-0.4, -0.2) is 51.5 Å². The summed E-state index contributed by atoms with van der Waals surface area (Å²) < 4.78 is 3.55. The molecule has 0 unspecified atom stereocenters. The predicted molar refractivity (Wildman–Crippen MR) is 131 cm³/mol. The molecule has 2 N–H and O–H groups in total. The highest BCUT2D eigenvalue weighted by atomic mass is 16.1. The topological polar surface area (TPSA) is 108 Å². The van der Waals surface area contributed by atoms with Gasteiger partial charge in [0.2, 0.25) is 5.91 Å². The number of hydrogen-bond acceptors (Lipinski definition) is 6. The first-order valence-electron chi connectivity index (χ1n) is 10.9. The van der Waals surface area contributed by atoms with Crippen molar-refractivity contribution in [2.75, 3.05) is 36.0 Å². The second-order valence-corrected chi connectivity index (χ2v) is 8.34. The quantitative estimate of drug-likeness (QED) is 0.466. The number of aryl methyl sites for hydroxylation is 1. The Hall–Kier alpha value is -4.58. The van der Waals surface area contributed by atoms with Crippen molar-refractivity contribution in [1.29, 1.82) is 5.26 Å². The van der Waals surface area contributed by atoms with Crippen molar-refractivity contribution in [3.63, 3.8) is 0 Å². The number of nitriles is 1. The van der Waals surface area contributed by atoms with Gasteiger partial charge in [0.15, 0.2) is 0 Å². The summed E-state index contributed by atoms with van der Waals surface area (Å²) in [5, 5.41) is 18.4. The third-order valence-electron chi connectivity index (χ3n) is 6.25. The lowest BCUT2D eigenvalue weighted by Crippen LogP contribution is -2.46. The van der Waals surface area contributed by atoms with Crippen LogP contribution in [0.5, 0.6) is 0 Å². The first kappa shape index (κ1) is 21.3. The Morgan fingerprint density at radius 3 is 2.35 bits per heavy atom. The van der Waals surface area contributed by atoms with E-state index in [1.165, 1.54) is 0 Å². The Balaban J connectivity index is 1.41. The molecule has 0 aliphatic carbocycles. The van der Waals surface area contributed by atoms with E-state index >= 15 is 0 Å². The van der Waals surface area contributed by atoms with Gasteiger partial charge in [0.25, 0.3) is 0 Å². The van der Waals surface area contributed by atoms with Crippen LogP contribution >= 0.6 is 0 Å². The maximum Gasteiger partial charge on any atom is 0.248 e. The molecule has 4 aromatic rings. The summed E-state index contributed by atoms with van der Waals surface area (Å²) in [6.45, 7) is 6.95. The summed E-state index contributed by atoms with van der Waals surface area (Å²) in [6.07, 6.45) is 7.35. The van der Waals surface area contributed by atoms with E-state index in [1.54, 1.807) is 15.4 Å². The van der Waals surface area contributed by atoms with Crippen molar-refractivity contribution < 1.29 is 4.79 Å². The van der Waals surface area contributed by atoms with E-state index in [0.717, 1.165) is 59.8 Å². The Morgan fingerprint density at radius 1 is 1.03 bits per heavy atom. The fourth-order valence-corrected chi connectivity index (χ4v) is 4.37. The molecule has 0 saturated carbocycles. The zero-order valence-electron chi connectivity index (χ0n) is 18.8. The van der Waals surface area contributed by atoms with E-state index in [1.807, 2.05) is 49.9 Å². The fraction of sp³-hybridized carbons (Fsp3) is 0.200. The maximum absolute atomic E-state index is 11.4. The molecular weight excluding hydrogens is 428 g/mol. The average molecular weight is 453 g/mol. The number of rotatable bonds is 5. The van der Waals surface area contributed by atoms with E-state index < -0.39 is 5.91 Å². The number of benzene rings is 1. The molecule has 0 bridgehead atoms. The van der Waals surface area contributed by atoms with Crippen LogP contribution in [0.2, 0.25) is 0 Å². The van der Waals surface area contributed by atoms with Crippen LogP contribution in [0.15, 0.2) is 61.7 Å². The van der Waals surface area contributed by atoms with Crippen molar-refractivity contribution in [2.45, 2.75) is 0 Å². The SMILES string of the molecule is C=C(C(N)=O)c1ccc(N2CCN(c3cc(-c4cnn(C)c4)cn4ncc(C#N)c34)CC2)cc1. The minimum Gasteiger partial charge on any atom is -0.368 e. The molecule has 1 aliphatic heterocycles. The monoisotopic (exact) mass is 452 g/mol. The highest BCUT2D eigenvalue weighted by Crippen LogP contribution is 2.32. The van der Waals surface area contributed by atoms with Crippen molar-refractivity contribution >= 4 is 28.4 Å². The third-order valence-corrected chi connectivity index (χ3v) is 6.25. The molecule has 1 aromatic carbocycles. The van der Waals surface area contributed by atoms with E-state index in [-0.39, 0.29) is 0 Å². The maximum atomic E-state index is 11.4. The van der Waals surface area contributed by atoms with Crippen molar-refractivity contribution in [3.05, 3.63) is 72.8 Å². The number of carbonyl (C=O) groups is 1. The number of nitrogens with two attached hydrogens (primary N) is 1. The second-order valence-electron chi connectivity index (χ2n) is 8.34. The summed E-state index contributed by atoms with van der Waals surface area (Å²) >= 11 is 0. The van der Waals surface area contributed by atoms with E-state index in [2.05, 4.69) is 38.7 Å². The molecule has 0 spiro atoms. The summed E-state index contributed by atoms with van der Waals surface area (Å²) in [6, 6.07) is 12.1. The van der Waals surface area contributed by atoms with Crippen molar-refractivity contribution in [1.82, 2.24) is 19.4 Å². The van der Waals surface area contributed by atoms with Crippen LogP contribution in [-0.2, 0) is 11.8 Å². The molecule has 1 amide bonds. The lowest BCUT2D eigenvalue weighted by molar-refractivity contribution is -0.112. The van der Waals surface area contributed by atoms with E-state index in [9.17, 15) is 10.1 Å². The van der Waals surface area contributed by atoms with Crippen LogP contribution in [0.4, 0.5) is 11.4 Å². The first-order chi connectivity index (χ1) is 16.4.